The Kier molecular flexibility index (Phi) is 3.16. The molecule has 0 bridgehead atoms. The van der Waals surface area contributed by atoms with Crippen LogP contribution in [0.2, 0.25) is 0 Å². The van der Waals surface area contributed by atoms with Gasteiger partial charge in [0.05, 0.1) is 12.5 Å². The summed E-state index contributed by atoms with van der Waals surface area (Å²) < 4.78 is 10.8. The van der Waals surface area contributed by atoms with Gasteiger partial charge >= 0.3 is 0 Å². The van der Waals surface area contributed by atoms with Crippen molar-refractivity contribution >= 4 is 5.78 Å². The van der Waals surface area contributed by atoms with Crippen LogP contribution in [0.25, 0.3) is 0 Å². The number of hydrogen-bond donors (Lipinski definition) is 0. The molecule has 1 aliphatic heterocycles. The van der Waals surface area contributed by atoms with Gasteiger partial charge in [0, 0.05) is 13.5 Å². The van der Waals surface area contributed by atoms with Crippen LogP contribution in [0.1, 0.15) is 42.6 Å². The Hall–Kier alpha value is -1.16. The molecule has 1 aromatic rings. The largest absolute Gasteiger partial charge is 0.448 e. The van der Waals surface area contributed by atoms with Crippen LogP contribution in [-0.4, -0.2) is 23.5 Å². The zero-order chi connectivity index (χ0) is 10.7. The van der Waals surface area contributed by atoms with Crippen molar-refractivity contribution in [3.8, 4) is 0 Å². The highest BCUT2D eigenvalue weighted by Crippen LogP contribution is 2.17. The Morgan fingerprint density at radius 2 is 2.47 bits per heavy atom. The zero-order valence-corrected chi connectivity index (χ0v) is 8.86. The fourth-order valence-corrected chi connectivity index (χ4v) is 1.73. The molecule has 2 rings (SSSR count). The lowest BCUT2D eigenvalue weighted by molar-refractivity contribution is 0.0132. The number of rotatable bonds is 3. The van der Waals surface area contributed by atoms with Crippen LogP contribution in [0.15, 0.2) is 10.7 Å². The molecule has 0 amide bonds. The van der Waals surface area contributed by atoms with E-state index in [0.717, 1.165) is 19.4 Å². The molecule has 82 valence electrons. The second-order valence-electron chi connectivity index (χ2n) is 3.88. The van der Waals surface area contributed by atoms with Gasteiger partial charge in [0.15, 0.2) is 11.7 Å². The van der Waals surface area contributed by atoms with Gasteiger partial charge in [-0.1, -0.05) is 0 Å². The van der Waals surface area contributed by atoms with Crippen LogP contribution in [0.5, 0.6) is 0 Å². The molecule has 0 radical (unpaired) electrons. The third-order valence-electron chi connectivity index (χ3n) is 2.59. The van der Waals surface area contributed by atoms with E-state index in [0.29, 0.717) is 18.0 Å². The number of carbonyl (C=O) groups is 1. The van der Waals surface area contributed by atoms with E-state index < -0.39 is 0 Å². The maximum atomic E-state index is 11.0. The van der Waals surface area contributed by atoms with Crippen LogP contribution in [-0.2, 0) is 11.2 Å². The van der Waals surface area contributed by atoms with E-state index in [1.54, 1.807) is 0 Å². The van der Waals surface area contributed by atoms with Gasteiger partial charge in [-0.3, -0.25) is 4.79 Å². The normalized spacial score (nSPS) is 21.5. The van der Waals surface area contributed by atoms with Crippen LogP contribution < -0.4 is 0 Å². The quantitative estimate of drug-likeness (QED) is 0.714. The summed E-state index contributed by atoms with van der Waals surface area (Å²) in [4.78, 5) is 15.1. The summed E-state index contributed by atoms with van der Waals surface area (Å²) in [6, 6.07) is 0. The van der Waals surface area contributed by atoms with Crippen molar-refractivity contribution in [2.45, 2.75) is 38.7 Å². The number of ether oxygens (including phenoxy) is 1. The van der Waals surface area contributed by atoms with Gasteiger partial charge in [-0.15, -0.1) is 0 Å². The summed E-state index contributed by atoms with van der Waals surface area (Å²) in [6.45, 7) is 2.31. The average molecular weight is 209 g/mol. The second-order valence-corrected chi connectivity index (χ2v) is 3.88. The Morgan fingerprint density at radius 3 is 3.07 bits per heavy atom. The van der Waals surface area contributed by atoms with Crippen LogP contribution in [0.3, 0.4) is 0 Å². The number of hydrogen-bond acceptors (Lipinski definition) is 4. The highest BCUT2D eigenvalue weighted by atomic mass is 16.5. The SMILES string of the molecule is CC(=O)c1coc(CC2CCCCO2)n1. The fraction of sp³-hybridized carbons (Fsp3) is 0.636. The predicted molar refractivity (Wildman–Crippen MR) is 53.8 cm³/mol. The molecule has 0 spiro atoms. The summed E-state index contributed by atoms with van der Waals surface area (Å²) in [7, 11) is 0. The number of carbonyl (C=O) groups excluding carboxylic acids is 1. The number of aromatic nitrogens is 1. The fourth-order valence-electron chi connectivity index (χ4n) is 1.73. The van der Waals surface area contributed by atoms with Gasteiger partial charge in [0.25, 0.3) is 0 Å². The molecule has 4 heteroatoms. The summed E-state index contributed by atoms with van der Waals surface area (Å²) in [5.74, 6) is 0.543. The molecule has 0 aliphatic carbocycles. The molecule has 1 saturated heterocycles. The molecule has 0 N–H and O–H groups in total. The standard InChI is InChI=1S/C11H15NO3/c1-8(13)10-7-15-11(12-10)6-9-4-2-3-5-14-9/h7,9H,2-6H2,1H3. The summed E-state index contributed by atoms with van der Waals surface area (Å²) in [5, 5.41) is 0. The first-order valence-corrected chi connectivity index (χ1v) is 5.32. The Balaban J connectivity index is 1.94. The summed E-state index contributed by atoms with van der Waals surface area (Å²) in [6.07, 6.45) is 5.69. The molecule has 1 aromatic heterocycles. The van der Waals surface area contributed by atoms with E-state index in [1.165, 1.54) is 19.6 Å². The minimum atomic E-state index is -0.0606. The van der Waals surface area contributed by atoms with Gasteiger partial charge in [-0.25, -0.2) is 4.98 Å². The molecule has 1 atom stereocenters. The van der Waals surface area contributed by atoms with E-state index in [-0.39, 0.29) is 11.9 Å². The van der Waals surface area contributed by atoms with E-state index >= 15 is 0 Å². The molecule has 1 aliphatic rings. The number of nitrogens with zero attached hydrogens (tertiary/aromatic N) is 1. The van der Waals surface area contributed by atoms with Crippen molar-refractivity contribution in [1.29, 1.82) is 0 Å². The Morgan fingerprint density at radius 1 is 1.60 bits per heavy atom. The van der Waals surface area contributed by atoms with E-state index in [1.807, 2.05) is 0 Å². The summed E-state index contributed by atoms with van der Waals surface area (Å²) in [5.41, 5.74) is 0.404. The lowest BCUT2D eigenvalue weighted by atomic mass is 10.1. The van der Waals surface area contributed by atoms with Crippen LogP contribution in [0.4, 0.5) is 0 Å². The molecular formula is C11H15NO3. The van der Waals surface area contributed by atoms with Gasteiger partial charge in [0.2, 0.25) is 0 Å². The monoisotopic (exact) mass is 209 g/mol. The second kappa shape index (κ2) is 4.57. The Bertz CT molecular complexity index is 339. The minimum absolute atomic E-state index is 0.0606. The lowest BCUT2D eigenvalue weighted by Crippen LogP contribution is -2.21. The van der Waals surface area contributed by atoms with Gasteiger partial charge in [-0.05, 0) is 19.3 Å². The van der Waals surface area contributed by atoms with Gasteiger partial charge < -0.3 is 9.15 Å². The molecular weight excluding hydrogens is 194 g/mol. The highest BCUT2D eigenvalue weighted by molar-refractivity contribution is 5.91. The first kappa shape index (κ1) is 10.4. The molecule has 4 nitrogen and oxygen atoms in total. The summed E-state index contributed by atoms with van der Waals surface area (Å²) >= 11 is 0. The third kappa shape index (κ3) is 2.65. The third-order valence-corrected chi connectivity index (χ3v) is 2.59. The van der Waals surface area contributed by atoms with Crippen molar-refractivity contribution in [2.24, 2.45) is 0 Å². The van der Waals surface area contributed by atoms with Crippen LogP contribution in [0, 0.1) is 0 Å². The lowest BCUT2D eigenvalue weighted by Gasteiger charge is -2.20. The molecule has 0 saturated carbocycles. The predicted octanol–water partition coefficient (Wildman–Crippen LogP) is 1.99. The molecule has 2 heterocycles. The van der Waals surface area contributed by atoms with Gasteiger partial charge in [-0.2, -0.15) is 0 Å². The minimum Gasteiger partial charge on any atom is -0.448 e. The number of ketones is 1. The highest BCUT2D eigenvalue weighted by Gasteiger charge is 2.17. The molecule has 0 aromatic carbocycles. The van der Waals surface area contributed by atoms with Crippen LogP contribution >= 0.6 is 0 Å². The smallest absolute Gasteiger partial charge is 0.197 e. The van der Waals surface area contributed by atoms with Crippen molar-refractivity contribution in [2.75, 3.05) is 6.61 Å². The van der Waals surface area contributed by atoms with Crippen molar-refractivity contribution in [3.63, 3.8) is 0 Å². The van der Waals surface area contributed by atoms with E-state index in [2.05, 4.69) is 4.98 Å². The average Bonchev–Trinajstić information content (AvgIpc) is 2.68. The topological polar surface area (TPSA) is 52.3 Å². The first-order valence-electron chi connectivity index (χ1n) is 5.32. The van der Waals surface area contributed by atoms with Gasteiger partial charge in [0.1, 0.15) is 12.0 Å². The van der Waals surface area contributed by atoms with E-state index in [4.69, 9.17) is 9.15 Å². The number of oxazole rings is 1. The first-order chi connectivity index (χ1) is 7.25. The number of Topliss-reactive ketones (excluding diaryl/α,β-unsaturated/α-hetero) is 1. The zero-order valence-electron chi connectivity index (χ0n) is 8.86. The molecule has 15 heavy (non-hydrogen) atoms. The Labute approximate surface area is 88.6 Å². The maximum Gasteiger partial charge on any atom is 0.197 e. The maximum absolute atomic E-state index is 11.0. The van der Waals surface area contributed by atoms with Crippen molar-refractivity contribution < 1.29 is 13.9 Å². The van der Waals surface area contributed by atoms with Crippen molar-refractivity contribution in [1.82, 2.24) is 4.98 Å². The van der Waals surface area contributed by atoms with E-state index in [9.17, 15) is 4.79 Å². The molecule has 1 unspecified atom stereocenters. The van der Waals surface area contributed by atoms with Crippen molar-refractivity contribution in [3.05, 3.63) is 17.8 Å². The molecule has 1 fully saturated rings.